The maximum atomic E-state index is 6.18. The molecule has 7 heteroatoms. The summed E-state index contributed by atoms with van der Waals surface area (Å²) < 4.78 is 5.82. The fraction of sp³-hybridized carbons (Fsp3) is 0.333. The molecule has 150 valence electrons. The third-order valence-corrected chi connectivity index (χ3v) is 4.45. The van der Waals surface area contributed by atoms with E-state index < -0.39 is 0 Å². The average Bonchev–Trinajstić information content (AvgIpc) is 2.69. The fourth-order valence-corrected chi connectivity index (χ4v) is 2.94. The number of aryl methyl sites for hydroxylation is 1. The Balaban J connectivity index is 1.94. The molecule has 0 aliphatic rings. The summed E-state index contributed by atoms with van der Waals surface area (Å²) in [6.45, 7) is 4.73. The first-order valence-electron chi connectivity index (χ1n) is 9.00. The molecule has 0 amide bonds. The molecule has 0 aliphatic carbocycles. The Hall–Kier alpha value is -2.24. The first kappa shape index (κ1) is 22.1. The highest BCUT2D eigenvalue weighted by molar-refractivity contribution is 6.47. The Kier molecular flexibility index (Phi) is 9.11. The zero-order chi connectivity index (χ0) is 20.4. The monoisotopic (exact) mass is 422 g/mol. The molecule has 2 aromatic rings. The average molecular weight is 423 g/mol. The third-order valence-electron chi connectivity index (χ3n) is 3.85. The van der Waals surface area contributed by atoms with Crippen molar-refractivity contribution in [1.29, 1.82) is 0 Å². The molecule has 0 atom stereocenters. The number of halogens is 2. The normalized spacial score (nSPS) is 12.0. The molecular formula is C21H24Cl2N2O3. The number of benzene rings is 2. The van der Waals surface area contributed by atoms with Crippen LogP contribution in [-0.2, 0) is 16.1 Å². The van der Waals surface area contributed by atoms with E-state index in [1.54, 1.807) is 6.07 Å². The van der Waals surface area contributed by atoms with Crippen LogP contribution >= 0.6 is 23.2 Å². The Morgan fingerprint density at radius 1 is 1.04 bits per heavy atom. The van der Waals surface area contributed by atoms with Crippen molar-refractivity contribution in [3.63, 3.8) is 0 Å². The second kappa shape index (κ2) is 11.6. The summed E-state index contributed by atoms with van der Waals surface area (Å²) in [7, 11) is 1.50. The Labute approximate surface area is 175 Å². The van der Waals surface area contributed by atoms with Crippen molar-refractivity contribution in [1.82, 2.24) is 0 Å². The number of nitrogens with zero attached hydrogens (tertiary/aromatic N) is 2. The van der Waals surface area contributed by atoms with Gasteiger partial charge in [-0.1, -0.05) is 33.5 Å². The predicted molar refractivity (Wildman–Crippen MR) is 115 cm³/mol. The highest BCUT2D eigenvalue weighted by Gasteiger charge is 2.10. The first-order valence-corrected chi connectivity index (χ1v) is 9.76. The molecule has 0 saturated carbocycles. The number of ether oxygens (including phenoxy) is 1. The van der Waals surface area contributed by atoms with E-state index >= 15 is 0 Å². The number of oxime groups is 2. The second-order valence-electron chi connectivity index (χ2n) is 5.93. The summed E-state index contributed by atoms with van der Waals surface area (Å²) in [5.74, 6) is 0.776. The molecule has 28 heavy (non-hydrogen) atoms. The van der Waals surface area contributed by atoms with Crippen LogP contribution in [0.2, 0.25) is 10.0 Å². The number of hydrogen-bond donors (Lipinski definition) is 0. The van der Waals surface area contributed by atoms with Gasteiger partial charge in [-0.05, 0) is 74.7 Å². The summed E-state index contributed by atoms with van der Waals surface area (Å²) in [4.78, 5) is 10.0. The van der Waals surface area contributed by atoms with E-state index in [9.17, 15) is 0 Å². The van der Waals surface area contributed by atoms with E-state index in [-0.39, 0.29) is 0 Å². The molecule has 5 nitrogen and oxygen atoms in total. The van der Waals surface area contributed by atoms with Crippen LogP contribution in [0.3, 0.4) is 0 Å². The van der Waals surface area contributed by atoms with Crippen LogP contribution in [0.5, 0.6) is 5.75 Å². The van der Waals surface area contributed by atoms with Crippen molar-refractivity contribution >= 4 is 34.6 Å². The van der Waals surface area contributed by atoms with E-state index in [0.717, 1.165) is 34.7 Å². The molecule has 2 aromatic carbocycles. The van der Waals surface area contributed by atoms with E-state index in [2.05, 4.69) is 10.3 Å². The highest BCUT2D eigenvalue weighted by Crippen LogP contribution is 2.22. The zero-order valence-electron chi connectivity index (χ0n) is 16.2. The van der Waals surface area contributed by atoms with Crippen LogP contribution in [0.4, 0.5) is 0 Å². The van der Waals surface area contributed by atoms with Gasteiger partial charge in [0.2, 0.25) is 0 Å². The van der Waals surface area contributed by atoms with Crippen LogP contribution in [-0.4, -0.2) is 31.7 Å². The Morgan fingerprint density at radius 2 is 1.79 bits per heavy atom. The summed E-state index contributed by atoms with van der Waals surface area (Å²) in [6.07, 6.45) is 1.63. The largest absolute Gasteiger partial charge is 0.494 e. The van der Waals surface area contributed by atoms with Crippen molar-refractivity contribution in [2.45, 2.75) is 26.7 Å². The van der Waals surface area contributed by atoms with Gasteiger partial charge in [-0.2, -0.15) is 0 Å². The van der Waals surface area contributed by atoms with E-state index in [1.165, 1.54) is 7.11 Å². The lowest BCUT2D eigenvalue weighted by Crippen LogP contribution is -2.13. The second-order valence-corrected chi connectivity index (χ2v) is 6.77. The van der Waals surface area contributed by atoms with Crippen LogP contribution in [0.1, 0.15) is 31.4 Å². The lowest BCUT2D eigenvalue weighted by Gasteiger charge is -2.09. The quantitative estimate of drug-likeness (QED) is 0.277. The topological polar surface area (TPSA) is 52.4 Å². The van der Waals surface area contributed by atoms with Crippen LogP contribution in [0.25, 0.3) is 0 Å². The molecule has 0 aromatic heterocycles. The van der Waals surface area contributed by atoms with Gasteiger partial charge in [0, 0.05) is 15.6 Å². The lowest BCUT2D eigenvalue weighted by atomic mass is 10.1. The minimum atomic E-state index is 0.474. The molecule has 0 bridgehead atoms. The molecule has 0 unspecified atom stereocenters. The van der Waals surface area contributed by atoms with Gasteiger partial charge in [0.05, 0.1) is 6.61 Å². The van der Waals surface area contributed by atoms with Gasteiger partial charge in [0.1, 0.15) is 30.9 Å². The molecule has 0 spiro atoms. The molecule has 0 saturated heterocycles. The van der Waals surface area contributed by atoms with Gasteiger partial charge in [-0.25, -0.2) is 0 Å². The van der Waals surface area contributed by atoms with E-state index in [0.29, 0.717) is 29.7 Å². The Bertz CT molecular complexity index is 821. The van der Waals surface area contributed by atoms with Gasteiger partial charge in [-0.3, -0.25) is 0 Å². The minimum absolute atomic E-state index is 0.474. The molecule has 2 rings (SSSR count). The molecule has 0 N–H and O–H groups in total. The molecule has 0 radical (unpaired) electrons. The van der Waals surface area contributed by atoms with Crippen molar-refractivity contribution in [3.05, 3.63) is 63.6 Å². The van der Waals surface area contributed by atoms with Crippen molar-refractivity contribution in [3.8, 4) is 5.75 Å². The maximum absolute atomic E-state index is 6.18. The Morgan fingerprint density at radius 3 is 2.46 bits per heavy atom. The lowest BCUT2D eigenvalue weighted by molar-refractivity contribution is 0.159. The highest BCUT2D eigenvalue weighted by atomic mass is 35.5. The van der Waals surface area contributed by atoms with E-state index in [4.69, 9.17) is 37.6 Å². The minimum Gasteiger partial charge on any atom is -0.494 e. The molecule has 0 aliphatic heterocycles. The fourth-order valence-electron chi connectivity index (χ4n) is 2.53. The van der Waals surface area contributed by atoms with Crippen molar-refractivity contribution in [2.24, 2.45) is 10.3 Å². The molecule has 0 heterocycles. The van der Waals surface area contributed by atoms with Crippen LogP contribution in [0, 0.1) is 0 Å². The van der Waals surface area contributed by atoms with Gasteiger partial charge in [-0.15, -0.1) is 0 Å². The molecular weight excluding hydrogens is 399 g/mol. The smallest absolute Gasteiger partial charge is 0.134 e. The first-order chi connectivity index (χ1) is 13.5. The third kappa shape index (κ3) is 6.73. The van der Waals surface area contributed by atoms with Crippen LogP contribution in [0.15, 0.2) is 52.8 Å². The maximum Gasteiger partial charge on any atom is 0.134 e. The standard InChI is InChI=1S/C21H24Cl2N2O3/c1-4-28-25-21(15(2)24-26-3)16-7-10-19(11-8-16)27-13-5-6-17-14-18(22)9-12-20(17)23/h7-12,14H,4-6,13H2,1-3H3. The van der Waals surface area contributed by atoms with Gasteiger partial charge >= 0.3 is 0 Å². The van der Waals surface area contributed by atoms with E-state index in [1.807, 2.05) is 50.2 Å². The van der Waals surface area contributed by atoms with Gasteiger partial charge in [0.25, 0.3) is 0 Å². The summed E-state index contributed by atoms with van der Waals surface area (Å²) in [6, 6.07) is 13.1. The number of rotatable bonds is 10. The summed E-state index contributed by atoms with van der Waals surface area (Å²) in [5.41, 5.74) is 3.14. The zero-order valence-corrected chi connectivity index (χ0v) is 17.8. The summed E-state index contributed by atoms with van der Waals surface area (Å²) >= 11 is 12.2. The van der Waals surface area contributed by atoms with Crippen molar-refractivity contribution in [2.75, 3.05) is 20.3 Å². The molecule has 0 fully saturated rings. The van der Waals surface area contributed by atoms with Crippen LogP contribution < -0.4 is 4.74 Å². The predicted octanol–water partition coefficient (Wildman–Crippen LogP) is 5.77. The van der Waals surface area contributed by atoms with Gasteiger partial charge < -0.3 is 14.4 Å². The van der Waals surface area contributed by atoms with Gasteiger partial charge in [0.15, 0.2) is 0 Å². The summed E-state index contributed by atoms with van der Waals surface area (Å²) in [5, 5.41) is 9.47. The van der Waals surface area contributed by atoms with Crippen molar-refractivity contribution < 1.29 is 14.4 Å². The number of hydrogen-bond acceptors (Lipinski definition) is 5. The SMILES string of the molecule is CCON=C(C(C)=NOC)c1ccc(OCCCc2cc(Cl)ccc2Cl)cc1.